The summed E-state index contributed by atoms with van der Waals surface area (Å²) in [5.74, 6) is 0. The molecule has 0 spiro atoms. The van der Waals surface area contributed by atoms with Crippen molar-refractivity contribution in [3.63, 3.8) is 0 Å². The van der Waals surface area contributed by atoms with Crippen LogP contribution in [0.15, 0.2) is 142 Å². The SMILES string of the molecule is Cc1ccc(N=Nc2ccc(-c3cc(C(C)(C)C)cc(-c4cc(C(C)(C)C)cc(-c5ccc(N=Nc6ccc(C)cc6)cc5)n4)n3)cc2)cc1. The van der Waals surface area contributed by atoms with E-state index >= 15 is 0 Å². The quantitative estimate of drug-likeness (QED) is 0.160. The minimum Gasteiger partial charge on any atom is -0.246 e. The van der Waals surface area contributed by atoms with Crippen LogP contribution in [-0.2, 0) is 10.8 Å². The van der Waals surface area contributed by atoms with Crippen LogP contribution in [0.4, 0.5) is 22.7 Å². The molecule has 6 rings (SSSR count). The zero-order valence-electron chi connectivity index (χ0n) is 30.2. The molecule has 0 bridgehead atoms. The van der Waals surface area contributed by atoms with Gasteiger partial charge in [0.05, 0.1) is 45.5 Å². The van der Waals surface area contributed by atoms with E-state index in [1.54, 1.807) is 0 Å². The van der Waals surface area contributed by atoms with Crippen LogP contribution in [0.5, 0.6) is 0 Å². The maximum absolute atomic E-state index is 5.21. The number of aryl methyl sites for hydroxylation is 2. The van der Waals surface area contributed by atoms with E-state index in [0.717, 1.165) is 56.7 Å². The summed E-state index contributed by atoms with van der Waals surface area (Å²) < 4.78 is 0. The zero-order chi connectivity index (χ0) is 35.5. The Kier molecular flexibility index (Phi) is 9.65. The first-order chi connectivity index (χ1) is 23.8. The molecule has 0 saturated heterocycles. The molecule has 0 amide bonds. The minimum absolute atomic E-state index is 0.0952. The van der Waals surface area contributed by atoms with Gasteiger partial charge in [0.25, 0.3) is 0 Å². The Morgan fingerprint density at radius 1 is 0.360 bits per heavy atom. The van der Waals surface area contributed by atoms with Crippen molar-refractivity contribution in [3.8, 4) is 33.9 Å². The molecule has 0 aliphatic rings. The fraction of sp³-hybridized carbons (Fsp3) is 0.227. The molecule has 0 aliphatic heterocycles. The topological polar surface area (TPSA) is 75.2 Å². The highest BCUT2D eigenvalue weighted by molar-refractivity contribution is 5.71. The normalized spacial score (nSPS) is 12.2. The van der Waals surface area contributed by atoms with Gasteiger partial charge in [0.1, 0.15) is 0 Å². The molecule has 6 aromatic rings. The molecule has 0 saturated carbocycles. The third-order valence-electron chi connectivity index (χ3n) is 8.60. The maximum Gasteiger partial charge on any atom is 0.0897 e. The highest BCUT2D eigenvalue weighted by Crippen LogP contribution is 2.35. The van der Waals surface area contributed by atoms with E-state index in [9.17, 15) is 0 Å². The van der Waals surface area contributed by atoms with Crippen molar-refractivity contribution in [2.75, 3.05) is 0 Å². The average molecular weight is 657 g/mol. The van der Waals surface area contributed by atoms with Crippen molar-refractivity contribution in [3.05, 3.63) is 144 Å². The molecule has 50 heavy (non-hydrogen) atoms. The number of nitrogens with zero attached hydrogens (tertiary/aromatic N) is 6. The predicted molar refractivity (Wildman–Crippen MR) is 206 cm³/mol. The van der Waals surface area contributed by atoms with E-state index in [4.69, 9.17) is 9.97 Å². The molecule has 0 atom stereocenters. The van der Waals surface area contributed by atoms with Crippen molar-refractivity contribution in [2.45, 2.75) is 66.2 Å². The van der Waals surface area contributed by atoms with Gasteiger partial charge in [-0.25, -0.2) is 9.97 Å². The van der Waals surface area contributed by atoms with E-state index < -0.39 is 0 Å². The summed E-state index contributed by atoms with van der Waals surface area (Å²) in [5, 5.41) is 17.7. The first-order valence-corrected chi connectivity index (χ1v) is 17.0. The highest BCUT2D eigenvalue weighted by Gasteiger charge is 2.21. The molecule has 6 heteroatoms. The monoisotopic (exact) mass is 656 g/mol. The van der Waals surface area contributed by atoms with Gasteiger partial charge in [0, 0.05) is 11.1 Å². The van der Waals surface area contributed by atoms with Gasteiger partial charge in [-0.1, -0.05) is 101 Å². The summed E-state index contributed by atoms with van der Waals surface area (Å²) in [5.41, 5.74) is 13.3. The van der Waals surface area contributed by atoms with Crippen molar-refractivity contribution >= 4 is 22.7 Å². The Labute approximate surface area is 296 Å². The molecule has 0 unspecified atom stereocenters. The van der Waals surface area contributed by atoms with Crippen molar-refractivity contribution < 1.29 is 0 Å². The third-order valence-corrected chi connectivity index (χ3v) is 8.60. The zero-order valence-corrected chi connectivity index (χ0v) is 30.2. The van der Waals surface area contributed by atoms with E-state index in [2.05, 4.69) is 124 Å². The molecule has 0 aliphatic carbocycles. The van der Waals surface area contributed by atoms with Gasteiger partial charge < -0.3 is 0 Å². The number of aromatic nitrogens is 2. The molecule has 0 fully saturated rings. The molecule has 0 N–H and O–H groups in total. The fourth-order valence-electron chi connectivity index (χ4n) is 5.34. The maximum atomic E-state index is 5.21. The van der Waals surface area contributed by atoms with Crippen LogP contribution in [-0.4, -0.2) is 9.97 Å². The molecule has 2 heterocycles. The summed E-state index contributed by atoms with van der Waals surface area (Å²) in [4.78, 5) is 10.4. The molecule has 4 aromatic carbocycles. The molecular weight excluding hydrogens is 613 g/mol. The van der Waals surface area contributed by atoms with Gasteiger partial charge in [-0.3, -0.25) is 0 Å². The number of benzene rings is 4. The molecular formula is C44H44N6. The summed E-state index contributed by atoms with van der Waals surface area (Å²) in [6.07, 6.45) is 0. The Balaban J connectivity index is 1.35. The number of rotatable bonds is 7. The lowest BCUT2D eigenvalue weighted by Crippen LogP contribution is -2.13. The number of hydrogen-bond donors (Lipinski definition) is 0. The fourth-order valence-corrected chi connectivity index (χ4v) is 5.34. The number of hydrogen-bond acceptors (Lipinski definition) is 6. The largest absolute Gasteiger partial charge is 0.246 e. The standard InChI is InChI=1S/C44H44N6/c1-29-9-17-35(18-10-29)47-49-37-21-13-31(14-22-37)39-25-33(43(3,4)5)27-41(45-39)42-28-34(44(6,7)8)26-40(46-42)32-15-23-38(24-16-32)50-48-36-19-11-30(2)12-20-36/h9-28H,1-8H3. The van der Waals surface area contributed by atoms with Crippen molar-refractivity contribution in [2.24, 2.45) is 20.5 Å². The first kappa shape index (κ1) is 34.3. The molecule has 2 aromatic heterocycles. The predicted octanol–water partition coefficient (Wildman–Crippen LogP) is 13.5. The summed E-state index contributed by atoms with van der Waals surface area (Å²) >= 11 is 0. The lowest BCUT2D eigenvalue weighted by Gasteiger charge is -2.23. The molecule has 0 radical (unpaired) electrons. The van der Waals surface area contributed by atoms with Crippen molar-refractivity contribution in [1.82, 2.24) is 9.97 Å². The van der Waals surface area contributed by atoms with Gasteiger partial charge in [0.15, 0.2) is 0 Å². The van der Waals surface area contributed by atoms with E-state index in [0.29, 0.717) is 0 Å². The summed E-state index contributed by atoms with van der Waals surface area (Å²) in [6.45, 7) is 17.5. The Morgan fingerprint density at radius 2 is 0.620 bits per heavy atom. The molecule has 6 nitrogen and oxygen atoms in total. The Hall–Kier alpha value is -5.62. The summed E-state index contributed by atoms with van der Waals surface area (Å²) in [7, 11) is 0. The van der Waals surface area contributed by atoms with Crippen LogP contribution in [0.2, 0.25) is 0 Å². The van der Waals surface area contributed by atoms with Gasteiger partial charge in [-0.2, -0.15) is 20.5 Å². The lowest BCUT2D eigenvalue weighted by molar-refractivity contribution is 0.588. The van der Waals surface area contributed by atoms with E-state index in [1.807, 2.05) is 72.8 Å². The molecule has 250 valence electrons. The second-order valence-electron chi connectivity index (χ2n) is 14.9. The van der Waals surface area contributed by atoms with Crippen LogP contribution in [0.1, 0.15) is 63.8 Å². The van der Waals surface area contributed by atoms with Gasteiger partial charge in [0.2, 0.25) is 0 Å². The smallest absolute Gasteiger partial charge is 0.0897 e. The third kappa shape index (κ3) is 8.50. The van der Waals surface area contributed by atoms with Crippen LogP contribution in [0, 0.1) is 13.8 Å². The number of pyridine rings is 2. The lowest BCUT2D eigenvalue weighted by atomic mass is 9.84. The average Bonchev–Trinajstić information content (AvgIpc) is 3.10. The number of azo groups is 2. The highest BCUT2D eigenvalue weighted by atomic mass is 15.1. The van der Waals surface area contributed by atoms with Gasteiger partial charge in [-0.15, -0.1) is 0 Å². The van der Waals surface area contributed by atoms with Crippen LogP contribution >= 0.6 is 0 Å². The van der Waals surface area contributed by atoms with Gasteiger partial charge >= 0.3 is 0 Å². The Bertz CT molecular complexity index is 1990. The summed E-state index contributed by atoms with van der Waals surface area (Å²) in [6, 6.07) is 40.9. The second-order valence-corrected chi connectivity index (χ2v) is 14.9. The minimum atomic E-state index is -0.0952. The Morgan fingerprint density at radius 3 is 0.900 bits per heavy atom. The van der Waals surface area contributed by atoms with Gasteiger partial charge in [-0.05, 0) is 109 Å². The second kappa shape index (κ2) is 14.1. The van der Waals surface area contributed by atoms with E-state index in [1.165, 1.54) is 22.3 Å². The van der Waals surface area contributed by atoms with Crippen molar-refractivity contribution in [1.29, 1.82) is 0 Å². The van der Waals surface area contributed by atoms with Crippen LogP contribution < -0.4 is 0 Å². The van der Waals surface area contributed by atoms with E-state index in [-0.39, 0.29) is 10.8 Å². The van der Waals surface area contributed by atoms with Crippen LogP contribution in [0.25, 0.3) is 33.9 Å². The first-order valence-electron chi connectivity index (χ1n) is 17.0. The van der Waals surface area contributed by atoms with Crippen LogP contribution in [0.3, 0.4) is 0 Å².